The quantitative estimate of drug-likeness (QED) is 0.797. The number of hydrogen-bond acceptors (Lipinski definition) is 2. The van der Waals surface area contributed by atoms with Gasteiger partial charge >= 0.3 is 0 Å². The molecule has 0 bridgehead atoms. The number of nitrogens with two attached hydrogens (primary N) is 1. The molecule has 2 aromatic rings. The average molecular weight is 316 g/mol. The number of benzene rings is 2. The highest BCUT2D eigenvalue weighted by Crippen LogP contribution is 2.30. The van der Waals surface area contributed by atoms with Crippen molar-refractivity contribution in [2.24, 2.45) is 0 Å². The second-order valence-electron chi connectivity index (χ2n) is 3.48. The van der Waals surface area contributed by atoms with E-state index in [2.05, 4.69) is 21.2 Å². The molecular weight excluding hydrogens is 307 g/mol. The molecule has 0 aromatic heterocycles. The van der Waals surface area contributed by atoms with Gasteiger partial charge in [0, 0.05) is 4.47 Å². The second-order valence-corrected chi connectivity index (χ2v) is 4.80. The van der Waals surface area contributed by atoms with Gasteiger partial charge in [-0.05, 0) is 36.4 Å². The summed E-state index contributed by atoms with van der Waals surface area (Å²) in [4.78, 5) is 0. The zero-order valence-electron chi connectivity index (χ0n) is 8.68. The molecule has 2 aromatic carbocycles. The number of rotatable bonds is 2. The lowest BCUT2D eigenvalue weighted by Crippen LogP contribution is -1.97. The molecule has 3 N–H and O–H groups in total. The summed E-state index contributed by atoms with van der Waals surface area (Å²) in [6, 6.07) is 9.52. The predicted molar refractivity (Wildman–Crippen MR) is 73.2 cm³/mol. The number of hydrogen-bond donors (Lipinski definition) is 2. The van der Waals surface area contributed by atoms with E-state index in [1.165, 1.54) is 18.2 Å². The first-order chi connectivity index (χ1) is 8.06. The molecule has 0 amide bonds. The van der Waals surface area contributed by atoms with Crippen LogP contribution in [0.4, 0.5) is 21.5 Å². The summed E-state index contributed by atoms with van der Waals surface area (Å²) in [5, 5.41) is 3.52. The van der Waals surface area contributed by atoms with Gasteiger partial charge in [-0.1, -0.05) is 27.5 Å². The van der Waals surface area contributed by atoms with E-state index in [1.54, 1.807) is 12.1 Å². The van der Waals surface area contributed by atoms with E-state index in [1.807, 2.05) is 6.07 Å². The third-order valence-corrected chi connectivity index (χ3v) is 3.02. The van der Waals surface area contributed by atoms with Crippen molar-refractivity contribution in [3.8, 4) is 0 Å². The second kappa shape index (κ2) is 4.94. The molecule has 0 aliphatic rings. The van der Waals surface area contributed by atoms with Crippen LogP contribution in [0.1, 0.15) is 0 Å². The Balaban J connectivity index is 2.34. The Morgan fingerprint density at radius 3 is 2.59 bits per heavy atom. The van der Waals surface area contributed by atoms with E-state index in [-0.39, 0.29) is 5.82 Å². The summed E-state index contributed by atoms with van der Waals surface area (Å²) < 4.78 is 14.0. The van der Waals surface area contributed by atoms with Crippen molar-refractivity contribution in [1.29, 1.82) is 0 Å². The Labute approximate surface area is 112 Å². The summed E-state index contributed by atoms with van der Waals surface area (Å²) in [5.74, 6) is -0.352. The van der Waals surface area contributed by atoms with Gasteiger partial charge in [-0.3, -0.25) is 0 Å². The Bertz CT molecular complexity index is 560. The lowest BCUT2D eigenvalue weighted by atomic mass is 10.2. The van der Waals surface area contributed by atoms with Gasteiger partial charge < -0.3 is 11.1 Å². The Morgan fingerprint density at radius 1 is 1.12 bits per heavy atom. The molecule has 5 heteroatoms. The maximum Gasteiger partial charge on any atom is 0.125 e. The van der Waals surface area contributed by atoms with Gasteiger partial charge in [-0.2, -0.15) is 0 Å². The normalized spacial score (nSPS) is 10.3. The smallest absolute Gasteiger partial charge is 0.125 e. The van der Waals surface area contributed by atoms with Gasteiger partial charge in [0.05, 0.1) is 22.1 Å². The molecule has 0 heterocycles. The van der Waals surface area contributed by atoms with Gasteiger partial charge in [-0.15, -0.1) is 0 Å². The third kappa shape index (κ3) is 2.90. The van der Waals surface area contributed by atoms with Crippen LogP contribution < -0.4 is 11.1 Å². The zero-order valence-corrected chi connectivity index (χ0v) is 11.0. The van der Waals surface area contributed by atoms with Crippen molar-refractivity contribution in [2.75, 3.05) is 11.1 Å². The van der Waals surface area contributed by atoms with E-state index in [0.717, 1.165) is 4.47 Å². The lowest BCUT2D eigenvalue weighted by Gasteiger charge is -2.11. The van der Waals surface area contributed by atoms with E-state index in [4.69, 9.17) is 17.3 Å². The molecule has 2 nitrogen and oxygen atoms in total. The topological polar surface area (TPSA) is 38.0 Å². The summed E-state index contributed by atoms with van der Waals surface area (Å²) in [6.45, 7) is 0. The fourth-order valence-corrected chi connectivity index (χ4v) is 2.09. The van der Waals surface area contributed by atoms with E-state index < -0.39 is 0 Å². The van der Waals surface area contributed by atoms with Crippen molar-refractivity contribution in [3.05, 3.63) is 51.7 Å². The molecule has 0 spiro atoms. The summed E-state index contributed by atoms with van der Waals surface area (Å²) >= 11 is 9.36. The van der Waals surface area contributed by atoms with Crippen LogP contribution in [0.3, 0.4) is 0 Å². The lowest BCUT2D eigenvalue weighted by molar-refractivity contribution is 0.628. The van der Waals surface area contributed by atoms with Gasteiger partial charge in [-0.25, -0.2) is 4.39 Å². The first-order valence-corrected chi connectivity index (χ1v) is 6.00. The van der Waals surface area contributed by atoms with Gasteiger partial charge in [0.1, 0.15) is 5.82 Å². The summed E-state index contributed by atoms with van der Waals surface area (Å²) in [5.41, 5.74) is 7.37. The zero-order chi connectivity index (χ0) is 12.4. The van der Waals surface area contributed by atoms with Crippen LogP contribution in [-0.4, -0.2) is 0 Å². The Hall–Kier alpha value is -1.26. The molecule has 0 aliphatic carbocycles. The number of halogens is 3. The SMILES string of the molecule is Nc1ccc(F)cc1Nc1ccc(Br)cc1Cl. The van der Waals surface area contributed by atoms with E-state index >= 15 is 0 Å². The van der Waals surface area contributed by atoms with Crippen molar-refractivity contribution >= 4 is 44.6 Å². The third-order valence-electron chi connectivity index (χ3n) is 2.22. The maximum atomic E-state index is 13.1. The van der Waals surface area contributed by atoms with Crippen LogP contribution in [0, 0.1) is 5.82 Å². The molecule has 0 fully saturated rings. The molecule has 0 saturated heterocycles. The first kappa shape index (κ1) is 12.2. The minimum Gasteiger partial charge on any atom is -0.397 e. The van der Waals surface area contributed by atoms with Gasteiger partial charge in [0.25, 0.3) is 0 Å². The van der Waals surface area contributed by atoms with Crippen LogP contribution in [0.5, 0.6) is 0 Å². The van der Waals surface area contributed by atoms with Gasteiger partial charge in [0.2, 0.25) is 0 Å². The van der Waals surface area contributed by atoms with E-state index in [0.29, 0.717) is 22.1 Å². The largest absolute Gasteiger partial charge is 0.397 e. The fraction of sp³-hybridized carbons (Fsp3) is 0. The number of anilines is 3. The first-order valence-electron chi connectivity index (χ1n) is 4.83. The van der Waals surface area contributed by atoms with Crippen LogP contribution in [-0.2, 0) is 0 Å². The highest BCUT2D eigenvalue weighted by Gasteiger charge is 2.05. The van der Waals surface area contributed by atoms with Crippen LogP contribution in [0.15, 0.2) is 40.9 Å². The van der Waals surface area contributed by atoms with E-state index in [9.17, 15) is 4.39 Å². The van der Waals surface area contributed by atoms with Crippen LogP contribution >= 0.6 is 27.5 Å². The Kier molecular flexibility index (Phi) is 3.54. The molecule has 0 saturated carbocycles. The molecule has 88 valence electrons. The summed E-state index contributed by atoms with van der Waals surface area (Å²) in [6.07, 6.45) is 0. The minimum absolute atomic E-state index is 0.352. The highest BCUT2D eigenvalue weighted by atomic mass is 79.9. The molecule has 17 heavy (non-hydrogen) atoms. The fourth-order valence-electron chi connectivity index (χ4n) is 1.37. The molecule has 0 radical (unpaired) electrons. The molecule has 0 atom stereocenters. The van der Waals surface area contributed by atoms with Crippen molar-refractivity contribution in [2.45, 2.75) is 0 Å². The number of nitrogens with one attached hydrogen (secondary N) is 1. The minimum atomic E-state index is -0.352. The van der Waals surface area contributed by atoms with Crippen molar-refractivity contribution < 1.29 is 4.39 Å². The predicted octanol–water partition coefficient (Wildman–Crippen LogP) is 4.57. The average Bonchev–Trinajstić information content (AvgIpc) is 2.27. The molecular formula is C12H9BrClFN2. The summed E-state index contributed by atoms with van der Waals surface area (Å²) in [7, 11) is 0. The Morgan fingerprint density at radius 2 is 1.88 bits per heavy atom. The highest BCUT2D eigenvalue weighted by molar-refractivity contribution is 9.10. The van der Waals surface area contributed by atoms with Crippen molar-refractivity contribution in [3.63, 3.8) is 0 Å². The molecule has 0 aliphatic heterocycles. The van der Waals surface area contributed by atoms with Crippen LogP contribution in [0.25, 0.3) is 0 Å². The maximum absolute atomic E-state index is 13.1. The standard InChI is InChI=1S/C12H9BrClFN2/c13-7-1-4-11(9(14)5-7)17-12-6-8(15)2-3-10(12)16/h1-6,17H,16H2. The van der Waals surface area contributed by atoms with Gasteiger partial charge in [0.15, 0.2) is 0 Å². The molecule has 2 rings (SSSR count). The molecule has 0 unspecified atom stereocenters. The monoisotopic (exact) mass is 314 g/mol. The van der Waals surface area contributed by atoms with Crippen molar-refractivity contribution in [1.82, 2.24) is 0 Å². The number of nitrogen functional groups attached to an aromatic ring is 1. The van der Waals surface area contributed by atoms with Crippen LogP contribution in [0.2, 0.25) is 5.02 Å².